The van der Waals surface area contributed by atoms with Crippen LogP contribution in [0.25, 0.3) is 0 Å². The van der Waals surface area contributed by atoms with Crippen molar-refractivity contribution in [3.63, 3.8) is 0 Å². The zero-order chi connectivity index (χ0) is 10.8. The van der Waals surface area contributed by atoms with Gasteiger partial charge in [0.05, 0.1) is 16.0 Å². The summed E-state index contributed by atoms with van der Waals surface area (Å²) in [5, 5.41) is 11.3. The quantitative estimate of drug-likeness (QED) is 0.837. The Hall–Kier alpha value is -0.410. The maximum absolute atomic E-state index is 10.2. The molecule has 1 aromatic rings. The molecule has 1 unspecified atom stereocenters. The molecule has 0 radical (unpaired) electrons. The van der Waals surface area contributed by atoms with E-state index >= 15 is 0 Å². The van der Waals surface area contributed by atoms with Gasteiger partial charge in [-0.05, 0) is 31.6 Å². The van der Waals surface area contributed by atoms with Crippen molar-refractivity contribution in [3.8, 4) is 0 Å². The monoisotopic (exact) mass is 225 g/mol. The maximum atomic E-state index is 10.2. The second-order valence-corrected chi connectivity index (χ2v) is 6.01. The lowest BCUT2D eigenvalue weighted by molar-refractivity contribution is 0.0782. The van der Waals surface area contributed by atoms with Crippen molar-refractivity contribution in [2.24, 2.45) is 11.8 Å². The number of aryl methyl sites for hydroxylation is 1. The molecule has 0 aromatic carbocycles. The van der Waals surface area contributed by atoms with Gasteiger partial charge < -0.3 is 5.11 Å². The molecule has 84 valence electrons. The van der Waals surface area contributed by atoms with E-state index in [1.165, 1.54) is 25.7 Å². The van der Waals surface area contributed by atoms with Crippen molar-refractivity contribution >= 4 is 11.3 Å². The number of rotatable bonds is 2. The summed E-state index contributed by atoms with van der Waals surface area (Å²) in [5.74, 6) is 1.30. The minimum atomic E-state index is -0.274. The Kier molecular flexibility index (Phi) is 3.42. The van der Waals surface area contributed by atoms with E-state index in [1.54, 1.807) is 11.3 Å². The van der Waals surface area contributed by atoms with Crippen LogP contribution in [0.3, 0.4) is 0 Å². The zero-order valence-electron chi connectivity index (χ0n) is 9.44. The summed E-state index contributed by atoms with van der Waals surface area (Å²) in [5.41, 5.74) is 0. The van der Waals surface area contributed by atoms with Gasteiger partial charge in [0.2, 0.25) is 0 Å². The van der Waals surface area contributed by atoms with Crippen LogP contribution < -0.4 is 0 Å². The van der Waals surface area contributed by atoms with Gasteiger partial charge in [0, 0.05) is 6.20 Å². The Labute approximate surface area is 95.4 Å². The SMILES string of the molecule is Cc1ncc(C(O)C2CCC(C)CC2)s1. The van der Waals surface area contributed by atoms with Crippen LogP contribution in [0, 0.1) is 18.8 Å². The van der Waals surface area contributed by atoms with Crippen LogP contribution in [0.5, 0.6) is 0 Å². The molecule has 1 atom stereocenters. The number of hydrogen-bond acceptors (Lipinski definition) is 3. The van der Waals surface area contributed by atoms with Crippen LogP contribution in [0.15, 0.2) is 6.20 Å². The van der Waals surface area contributed by atoms with Crippen molar-refractivity contribution in [1.82, 2.24) is 4.98 Å². The lowest BCUT2D eigenvalue weighted by atomic mass is 9.80. The van der Waals surface area contributed by atoms with Crippen LogP contribution >= 0.6 is 11.3 Å². The largest absolute Gasteiger partial charge is 0.387 e. The molecule has 0 saturated heterocycles. The fraction of sp³-hybridized carbons (Fsp3) is 0.750. The van der Waals surface area contributed by atoms with E-state index in [-0.39, 0.29) is 6.10 Å². The van der Waals surface area contributed by atoms with Gasteiger partial charge in [-0.25, -0.2) is 4.98 Å². The molecule has 2 nitrogen and oxygen atoms in total. The summed E-state index contributed by atoms with van der Waals surface area (Å²) < 4.78 is 0. The van der Waals surface area contributed by atoms with Gasteiger partial charge in [0.1, 0.15) is 0 Å². The first-order chi connectivity index (χ1) is 7.16. The van der Waals surface area contributed by atoms with Crippen LogP contribution in [0.2, 0.25) is 0 Å². The highest BCUT2D eigenvalue weighted by atomic mass is 32.1. The summed E-state index contributed by atoms with van der Waals surface area (Å²) in [6.07, 6.45) is 6.42. The number of thiazole rings is 1. The number of aliphatic hydroxyl groups is 1. The Morgan fingerprint density at radius 2 is 2.07 bits per heavy atom. The minimum absolute atomic E-state index is 0.274. The van der Waals surface area contributed by atoms with Gasteiger partial charge in [-0.15, -0.1) is 11.3 Å². The smallest absolute Gasteiger partial charge is 0.0926 e. The molecule has 1 aliphatic carbocycles. The standard InChI is InChI=1S/C12H19NOS/c1-8-3-5-10(6-4-8)12(14)11-7-13-9(2)15-11/h7-8,10,12,14H,3-6H2,1-2H3. The van der Waals surface area contributed by atoms with Gasteiger partial charge in [-0.2, -0.15) is 0 Å². The molecule has 0 amide bonds. The third-order valence-corrected chi connectivity index (χ3v) is 4.42. The molecule has 2 rings (SSSR count). The number of nitrogens with zero attached hydrogens (tertiary/aromatic N) is 1. The van der Waals surface area contributed by atoms with E-state index in [0.29, 0.717) is 5.92 Å². The van der Waals surface area contributed by atoms with E-state index in [9.17, 15) is 5.11 Å². The molecule has 3 heteroatoms. The Balaban J connectivity index is 1.99. The van der Waals surface area contributed by atoms with Gasteiger partial charge in [0.25, 0.3) is 0 Å². The average Bonchev–Trinajstić information content (AvgIpc) is 2.65. The van der Waals surface area contributed by atoms with E-state index in [4.69, 9.17) is 0 Å². The summed E-state index contributed by atoms with van der Waals surface area (Å²) in [4.78, 5) is 5.25. The fourth-order valence-corrected chi connectivity index (χ4v) is 3.21. The molecule has 15 heavy (non-hydrogen) atoms. The third-order valence-electron chi connectivity index (χ3n) is 3.44. The van der Waals surface area contributed by atoms with Gasteiger partial charge in [0.15, 0.2) is 0 Å². The molecule has 1 heterocycles. The van der Waals surface area contributed by atoms with Crippen LogP contribution in [-0.4, -0.2) is 10.1 Å². The normalized spacial score (nSPS) is 29.0. The number of hydrogen-bond donors (Lipinski definition) is 1. The Bertz CT molecular complexity index is 315. The van der Waals surface area contributed by atoms with E-state index in [1.807, 2.05) is 13.1 Å². The van der Waals surface area contributed by atoms with Gasteiger partial charge in [-0.3, -0.25) is 0 Å². The molecule has 1 N–H and O–H groups in total. The molecule has 1 aromatic heterocycles. The van der Waals surface area contributed by atoms with Crippen molar-refractivity contribution in [2.75, 3.05) is 0 Å². The highest BCUT2D eigenvalue weighted by molar-refractivity contribution is 7.11. The Morgan fingerprint density at radius 3 is 2.60 bits per heavy atom. The highest BCUT2D eigenvalue weighted by Crippen LogP contribution is 2.37. The predicted octanol–water partition coefficient (Wildman–Crippen LogP) is 3.31. The summed E-state index contributed by atoms with van der Waals surface area (Å²) >= 11 is 1.63. The van der Waals surface area contributed by atoms with Gasteiger partial charge >= 0.3 is 0 Å². The Morgan fingerprint density at radius 1 is 1.40 bits per heavy atom. The molecule has 0 bridgehead atoms. The van der Waals surface area contributed by atoms with Crippen molar-refractivity contribution in [3.05, 3.63) is 16.1 Å². The second kappa shape index (κ2) is 4.62. The first-order valence-electron chi connectivity index (χ1n) is 5.77. The first kappa shape index (κ1) is 11.1. The number of aliphatic hydroxyl groups excluding tert-OH is 1. The zero-order valence-corrected chi connectivity index (χ0v) is 10.3. The minimum Gasteiger partial charge on any atom is -0.387 e. The van der Waals surface area contributed by atoms with Crippen molar-refractivity contribution in [1.29, 1.82) is 0 Å². The van der Waals surface area contributed by atoms with E-state index in [0.717, 1.165) is 15.8 Å². The molecular formula is C12H19NOS. The molecule has 1 fully saturated rings. The van der Waals surface area contributed by atoms with Gasteiger partial charge in [-0.1, -0.05) is 19.8 Å². The van der Waals surface area contributed by atoms with Crippen molar-refractivity contribution in [2.45, 2.75) is 45.6 Å². The predicted molar refractivity (Wildman–Crippen MR) is 62.9 cm³/mol. The topological polar surface area (TPSA) is 33.1 Å². The second-order valence-electron chi connectivity index (χ2n) is 4.75. The molecular weight excluding hydrogens is 206 g/mol. The number of aromatic nitrogens is 1. The van der Waals surface area contributed by atoms with Crippen LogP contribution in [0.4, 0.5) is 0 Å². The summed E-state index contributed by atoms with van der Waals surface area (Å²) in [6.45, 7) is 4.29. The third kappa shape index (κ3) is 2.58. The van der Waals surface area contributed by atoms with Crippen LogP contribution in [0.1, 0.15) is 48.6 Å². The first-order valence-corrected chi connectivity index (χ1v) is 6.59. The summed E-state index contributed by atoms with van der Waals surface area (Å²) in [7, 11) is 0. The summed E-state index contributed by atoms with van der Waals surface area (Å²) in [6, 6.07) is 0. The fourth-order valence-electron chi connectivity index (χ4n) is 2.35. The highest BCUT2D eigenvalue weighted by Gasteiger charge is 2.26. The van der Waals surface area contributed by atoms with E-state index in [2.05, 4.69) is 11.9 Å². The lowest BCUT2D eigenvalue weighted by Crippen LogP contribution is -2.18. The maximum Gasteiger partial charge on any atom is 0.0926 e. The molecule has 1 aliphatic rings. The van der Waals surface area contributed by atoms with E-state index < -0.39 is 0 Å². The molecule has 0 spiro atoms. The molecule has 0 aliphatic heterocycles. The average molecular weight is 225 g/mol. The van der Waals surface area contributed by atoms with Crippen LogP contribution in [-0.2, 0) is 0 Å². The lowest BCUT2D eigenvalue weighted by Gasteiger charge is -2.29. The molecule has 1 saturated carbocycles. The van der Waals surface area contributed by atoms with Crippen molar-refractivity contribution < 1.29 is 5.11 Å².